The Morgan fingerprint density at radius 1 is 0.500 bits per heavy atom. The van der Waals surface area contributed by atoms with Gasteiger partial charge in [-0.3, -0.25) is 0 Å². The number of fused-ring (bicyclic) bond motifs is 1. The molecular formula is C16H8O12. The Bertz CT molecular complexity index is 1120. The number of benzene rings is 2. The monoisotopic (exact) mass is 392 g/mol. The predicted molar refractivity (Wildman–Crippen MR) is 85.7 cm³/mol. The van der Waals surface area contributed by atoms with Crippen molar-refractivity contribution in [2.45, 2.75) is 0 Å². The van der Waals surface area contributed by atoms with E-state index in [1.807, 2.05) is 0 Å². The first-order valence-corrected chi connectivity index (χ1v) is 6.97. The summed E-state index contributed by atoms with van der Waals surface area (Å²) in [6.45, 7) is 0. The van der Waals surface area contributed by atoms with Crippen molar-refractivity contribution in [2.24, 2.45) is 0 Å². The van der Waals surface area contributed by atoms with E-state index in [2.05, 4.69) is 0 Å². The normalized spacial score (nSPS) is 10.4. The van der Waals surface area contributed by atoms with Crippen LogP contribution in [0, 0.1) is 0 Å². The number of hydrogen-bond donors (Lipinski definition) is 6. The van der Waals surface area contributed by atoms with Crippen molar-refractivity contribution < 1.29 is 59.4 Å². The summed E-state index contributed by atoms with van der Waals surface area (Å²) in [5, 5.41) is 54.1. The van der Waals surface area contributed by atoms with Crippen LogP contribution in [0.25, 0.3) is 10.8 Å². The minimum atomic E-state index is -2.13. The highest BCUT2D eigenvalue weighted by atomic mass is 16.4. The van der Waals surface area contributed by atoms with E-state index in [0.29, 0.717) is 12.1 Å². The van der Waals surface area contributed by atoms with Gasteiger partial charge in [-0.1, -0.05) is 0 Å². The molecule has 12 heteroatoms. The molecule has 0 bridgehead atoms. The van der Waals surface area contributed by atoms with Gasteiger partial charge in [0, 0.05) is 5.39 Å². The molecule has 0 aliphatic carbocycles. The maximum Gasteiger partial charge on any atom is 0.337 e. The molecule has 0 heterocycles. The molecule has 0 radical (unpaired) electrons. The first-order chi connectivity index (χ1) is 12.9. The number of rotatable bonds is 6. The molecule has 2 rings (SSSR count). The predicted octanol–water partition coefficient (Wildman–Crippen LogP) is 1.03. The fourth-order valence-corrected chi connectivity index (χ4v) is 2.77. The second-order valence-electron chi connectivity index (χ2n) is 5.28. The Balaban J connectivity index is 3.46. The van der Waals surface area contributed by atoms with Crippen LogP contribution in [0.5, 0.6) is 0 Å². The molecule has 28 heavy (non-hydrogen) atoms. The molecule has 2 aromatic carbocycles. The van der Waals surface area contributed by atoms with Crippen molar-refractivity contribution >= 4 is 46.6 Å². The van der Waals surface area contributed by atoms with Gasteiger partial charge in [-0.05, 0) is 17.5 Å². The largest absolute Gasteiger partial charge is 0.478 e. The van der Waals surface area contributed by atoms with Crippen molar-refractivity contribution in [1.29, 1.82) is 0 Å². The number of hydrogen-bond acceptors (Lipinski definition) is 6. The highest BCUT2D eigenvalue weighted by Crippen LogP contribution is 2.35. The van der Waals surface area contributed by atoms with E-state index in [1.165, 1.54) is 0 Å². The molecule has 0 saturated heterocycles. The lowest BCUT2D eigenvalue weighted by atomic mass is 9.85. The standard InChI is InChI=1S/C16H8O12/c17-11(18)3-1-4-6(5(2-3)12(19)20)8(14(23)24)10(16(27)28)9(15(25)26)7(4)13(21)22/h1-2H,(H,17,18)(H,19,20)(H,21,22)(H,23,24)(H,25,26)(H,27,28). The number of carboxylic acids is 6. The van der Waals surface area contributed by atoms with E-state index >= 15 is 0 Å². The summed E-state index contributed by atoms with van der Waals surface area (Å²) in [5.74, 6) is -11.9. The van der Waals surface area contributed by atoms with E-state index in [-0.39, 0.29) is 0 Å². The van der Waals surface area contributed by atoms with Crippen LogP contribution < -0.4 is 0 Å². The van der Waals surface area contributed by atoms with Gasteiger partial charge >= 0.3 is 35.8 Å². The molecule has 0 aromatic heterocycles. The first kappa shape index (κ1) is 19.8. The van der Waals surface area contributed by atoms with Crippen LogP contribution in [-0.2, 0) is 0 Å². The summed E-state index contributed by atoms with van der Waals surface area (Å²) in [6.07, 6.45) is 0. The fourth-order valence-electron chi connectivity index (χ4n) is 2.77. The fraction of sp³-hybridized carbons (Fsp3) is 0. The molecular weight excluding hydrogens is 384 g/mol. The molecule has 0 spiro atoms. The third-order valence-corrected chi connectivity index (χ3v) is 3.74. The zero-order chi connectivity index (χ0) is 21.5. The van der Waals surface area contributed by atoms with Crippen molar-refractivity contribution in [3.63, 3.8) is 0 Å². The molecule has 6 N–H and O–H groups in total. The highest BCUT2D eigenvalue weighted by Gasteiger charge is 2.35. The lowest BCUT2D eigenvalue weighted by molar-refractivity contribution is 0.0621. The molecule has 144 valence electrons. The summed E-state index contributed by atoms with van der Waals surface area (Å²) in [5.41, 5.74) is -7.22. The number of aromatic carboxylic acids is 6. The van der Waals surface area contributed by atoms with Crippen molar-refractivity contribution in [1.82, 2.24) is 0 Å². The summed E-state index contributed by atoms with van der Waals surface area (Å²) in [6, 6.07) is 1.08. The average Bonchev–Trinajstić information content (AvgIpc) is 2.57. The van der Waals surface area contributed by atoms with Crippen molar-refractivity contribution in [3.05, 3.63) is 45.5 Å². The molecule has 0 aliphatic rings. The molecule has 0 atom stereocenters. The van der Waals surface area contributed by atoms with Gasteiger partial charge in [0.15, 0.2) is 0 Å². The number of carboxylic acid groups (broad SMARTS) is 6. The van der Waals surface area contributed by atoms with Gasteiger partial charge < -0.3 is 30.6 Å². The van der Waals surface area contributed by atoms with E-state index in [1.54, 1.807) is 0 Å². The van der Waals surface area contributed by atoms with Crippen LogP contribution in [-0.4, -0.2) is 66.5 Å². The van der Waals surface area contributed by atoms with E-state index in [0.717, 1.165) is 0 Å². The Morgan fingerprint density at radius 2 is 0.929 bits per heavy atom. The Hall–Kier alpha value is -4.48. The zero-order valence-electron chi connectivity index (χ0n) is 13.3. The van der Waals surface area contributed by atoms with E-state index in [9.17, 15) is 54.3 Å². The maximum atomic E-state index is 11.7. The van der Waals surface area contributed by atoms with Gasteiger partial charge in [-0.25, -0.2) is 28.8 Å². The molecule has 0 saturated carbocycles. The topological polar surface area (TPSA) is 224 Å². The van der Waals surface area contributed by atoms with Crippen LogP contribution in [0.3, 0.4) is 0 Å². The van der Waals surface area contributed by atoms with E-state index < -0.39 is 80.0 Å². The van der Waals surface area contributed by atoms with Gasteiger partial charge in [0.25, 0.3) is 0 Å². The Kier molecular flexibility index (Phi) is 4.73. The quantitative estimate of drug-likeness (QED) is 0.405. The molecule has 0 unspecified atom stereocenters. The molecule has 0 amide bonds. The summed E-state index contributed by atoms with van der Waals surface area (Å²) >= 11 is 0. The van der Waals surface area contributed by atoms with Crippen LogP contribution >= 0.6 is 0 Å². The third-order valence-electron chi connectivity index (χ3n) is 3.74. The first-order valence-electron chi connectivity index (χ1n) is 6.97. The molecule has 0 fully saturated rings. The van der Waals surface area contributed by atoms with Crippen LogP contribution in [0.15, 0.2) is 12.1 Å². The minimum absolute atomic E-state index is 0.511. The smallest absolute Gasteiger partial charge is 0.337 e. The summed E-state index contributed by atoms with van der Waals surface area (Å²) in [7, 11) is 0. The highest BCUT2D eigenvalue weighted by molar-refractivity contribution is 6.26. The summed E-state index contributed by atoms with van der Waals surface area (Å²) < 4.78 is 0. The zero-order valence-corrected chi connectivity index (χ0v) is 13.3. The van der Waals surface area contributed by atoms with Gasteiger partial charge in [0.05, 0.1) is 33.4 Å². The second-order valence-corrected chi connectivity index (χ2v) is 5.28. The second kappa shape index (κ2) is 6.68. The van der Waals surface area contributed by atoms with E-state index in [4.69, 9.17) is 5.11 Å². The minimum Gasteiger partial charge on any atom is -0.478 e. The van der Waals surface area contributed by atoms with Gasteiger partial charge in [-0.2, -0.15) is 0 Å². The van der Waals surface area contributed by atoms with Gasteiger partial charge in [0.2, 0.25) is 0 Å². The lowest BCUT2D eigenvalue weighted by Crippen LogP contribution is -2.21. The Labute approximate surface area is 152 Å². The average molecular weight is 392 g/mol. The molecule has 0 aliphatic heterocycles. The maximum absolute atomic E-state index is 11.7. The lowest BCUT2D eigenvalue weighted by Gasteiger charge is -2.16. The SMILES string of the molecule is O=C(O)c1cc(C(=O)O)c2c(C(=O)O)c(C(=O)O)c(C(=O)O)c(C(=O)O)c2c1. The number of carbonyl (C=O) groups is 6. The summed E-state index contributed by atoms with van der Waals surface area (Å²) in [4.78, 5) is 69.3. The third kappa shape index (κ3) is 2.94. The Morgan fingerprint density at radius 3 is 1.29 bits per heavy atom. The molecule has 12 nitrogen and oxygen atoms in total. The van der Waals surface area contributed by atoms with Gasteiger partial charge in [-0.15, -0.1) is 0 Å². The van der Waals surface area contributed by atoms with Crippen LogP contribution in [0.1, 0.15) is 62.1 Å². The van der Waals surface area contributed by atoms with Crippen LogP contribution in [0.4, 0.5) is 0 Å². The van der Waals surface area contributed by atoms with Crippen LogP contribution in [0.2, 0.25) is 0 Å². The molecule has 2 aromatic rings. The van der Waals surface area contributed by atoms with Crippen molar-refractivity contribution in [3.8, 4) is 0 Å². The van der Waals surface area contributed by atoms with Gasteiger partial charge in [0.1, 0.15) is 0 Å². The van der Waals surface area contributed by atoms with Crippen molar-refractivity contribution in [2.75, 3.05) is 0 Å².